The lowest BCUT2D eigenvalue weighted by Gasteiger charge is -2.41. The molecular weight excluding hydrogens is 468 g/mol. The third-order valence-electron chi connectivity index (χ3n) is 6.04. The van der Waals surface area contributed by atoms with Crippen molar-refractivity contribution in [1.29, 1.82) is 0 Å². The molecule has 3 rings (SSSR count). The largest absolute Gasteiger partial charge is 0.391 e. The second-order valence-corrected chi connectivity index (χ2v) is 8.75. The molecule has 0 aromatic heterocycles. The van der Waals surface area contributed by atoms with E-state index in [9.17, 15) is 31.9 Å². The molecule has 0 radical (unpaired) electrons. The molecule has 4 atom stereocenters. The van der Waals surface area contributed by atoms with Gasteiger partial charge in [0.15, 0.2) is 0 Å². The van der Waals surface area contributed by atoms with Crippen LogP contribution in [0.2, 0.25) is 5.02 Å². The quantitative estimate of drug-likeness (QED) is 0.550. The smallest absolute Gasteiger partial charge is 0.358 e. The van der Waals surface area contributed by atoms with Gasteiger partial charge in [0.1, 0.15) is 11.9 Å². The van der Waals surface area contributed by atoms with Crippen molar-refractivity contribution in [1.82, 2.24) is 20.9 Å². The lowest BCUT2D eigenvalue weighted by Crippen LogP contribution is -2.63. The fourth-order valence-corrected chi connectivity index (χ4v) is 4.67. The minimum Gasteiger partial charge on any atom is -0.358 e. The Morgan fingerprint density at radius 3 is 2.67 bits per heavy atom. The molecule has 12 heteroatoms. The van der Waals surface area contributed by atoms with Crippen LogP contribution in [0.25, 0.3) is 0 Å². The van der Waals surface area contributed by atoms with Crippen LogP contribution in [0.4, 0.5) is 17.6 Å². The predicted octanol–water partition coefficient (Wildman–Crippen LogP) is 2.30. The van der Waals surface area contributed by atoms with Crippen molar-refractivity contribution in [3.8, 4) is 0 Å². The Kier molecular flexibility index (Phi) is 7.84. The summed E-state index contributed by atoms with van der Waals surface area (Å²) in [4.78, 5) is 39.0. The number of piperazine rings is 1. The number of rotatable bonds is 5. The number of hydrogen-bond donors (Lipinski definition) is 3. The fraction of sp³-hybridized carbons (Fsp3) is 0.571. The Morgan fingerprint density at radius 1 is 1.27 bits per heavy atom. The van der Waals surface area contributed by atoms with Gasteiger partial charge in [-0.2, -0.15) is 13.2 Å². The molecule has 1 aliphatic carbocycles. The van der Waals surface area contributed by atoms with Gasteiger partial charge in [0.2, 0.25) is 17.7 Å². The third kappa shape index (κ3) is 6.14. The minimum atomic E-state index is -4.36. The molecule has 2 unspecified atom stereocenters. The van der Waals surface area contributed by atoms with E-state index in [0.29, 0.717) is 12.8 Å². The van der Waals surface area contributed by atoms with Gasteiger partial charge in [-0.25, -0.2) is 4.39 Å². The van der Waals surface area contributed by atoms with Crippen molar-refractivity contribution in [2.24, 2.45) is 5.92 Å². The van der Waals surface area contributed by atoms with Crippen molar-refractivity contribution >= 4 is 29.3 Å². The van der Waals surface area contributed by atoms with Crippen LogP contribution >= 0.6 is 11.6 Å². The highest BCUT2D eigenvalue weighted by Gasteiger charge is 2.45. The summed E-state index contributed by atoms with van der Waals surface area (Å²) in [5.74, 6) is -3.81. The standard InChI is InChI=1S/C21H25ClF4N4O3/c1-27-16(31)9-30-10-17(32)29-18(14-8-12(23)5-6-15(14)22)19(30)20(33)28-13-4-2-3-11(7-13)21(24,25)26/h5-6,8,11,13,18-19H,2-4,7,9-10H2,1H3,(H,27,31)(H,28,33)(H,29,32)/t11?,13?,18-,19+/m1/s1. The summed E-state index contributed by atoms with van der Waals surface area (Å²) >= 11 is 6.22. The summed E-state index contributed by atoms with van der Waals surface area (Å²) in [6.07, 6.45) is -3.93. The second kappa shape index (κ2) is 10.3. The highest BCUT2D eigenvalue weighted by Crippen LogP contribution is 2.38. The summed E-state index contributed by atoms with van der Waals surface area (Å²) in [7, 11) is 1.39. The van der Waals surface area contributed by atoms with E-state index in [-0.39, 0.29) is 36.5 Å². The zero-order valence-electron chi connectivity index (χ0n) is 17.8. The zero-order valence-corrected chi connectivity index (χ0v) is 18.6. The molecule has 3 amide bonds. The van der Waals surface area contributed by atoms with Crippen LogP contribution in [0, 0.1) is 11.7 Å². The van der Waals surface area contributed by atoms with Crippen LogP contribution in [-0.4, -0.2) is 61.0 Å². The molecule has 1 aliphatic heterocycles. The Balaban J connectivity index is 1.90. The van der Waals surface area contributed by atoms with Crippen LogP contribution < -0.4 is 16.0 Å². The van der Waals surface area contributed by atoms with Crippen LogP contribution in [-0.2, 0) is 14.4 Å². The monoisotopic (exact) mass is 492 g/mol. The van der Waals surface area contributed by atoms with E-state index in [0.717, 1.165) is 12.1 Å². The molecule has 1 heterocycles. The summed E-state index contributed by atoms with van der Waals surface area (Å²) < 4.78 is 53.6. The van der Waals surface area contributed by atoms with Crippen LogP contribution in [0.3, 0.4) is 0 Å². The van der Waals surface area contributed by atoms with Gasteiger partial charge in [-0.05, 0) is 43.0 Å². The van der Waals surface area contributed by atoms with E-state index in [1.807, 2.05) is 0 Å². The molecule has 0 bridgehead atoms. The lowest BCUT2D eigenvalue weighted by molar-refractivity contribution is -0.184. The number of benzene rings is 1. The SMILES string of the molecule is CNC(=O)CN1CC(=O)N[C@H](c2cc(F)ccc2Cl)[C@H]1C(=O)NC1CCCC(C(F)(F)F)C1. The van der Waals surface area contributed by atoms with Crippen molar-refractivity contribution in [2.75, 3.05) is 20.1 Å². The Morgan fingerprint density at radius 2 is 2.00 bits per heavy atom. The molecule has 0 spiro atoms. The highest BCUT2D eigenvalue weighted by molar-refractivity contribution is 6.31. The maximum atomic E-state index is 14.0. The average Bonchev–Trinajstić information content (AvgIpc) is 2.74. The lowest BCUT2D eigenvalue weighted by atomic mass is 9.85. The van der Waals surface area contributed by atoms with Gasteiger partial charge >= 0.3 is 6.18 Å². The van der Waals surface area contributed by atoms with Crippen molar-refractivity contribution in [2.45, 2.75) is 50.0 Å². The number of carbonyl (C=O) groups is 3. The van der Waals surface area contributed by atoms with E-state index in [1.165, 1.54) is 18.0 Å². The third-order valence-corrected chi connectivity index (χ3v) is 6.39. The Bertz CT molecular complexity index is 914. The van der Waals surface area contributed by atoms with Crippen molar-refractivity contribution < 1.29 is 31.9 Å². The summed E-state index contributed by atoms with van der Waals surface area (Å²) in [6, 6.07) is 0.456. The molecule has 3 N–H and O–H groups in total. The van der Waals surface area contributed by atoms with E-state index in [2.05, 4.69) is 16.0 Å². The average molecular weight is 493 g/mol. The second-order valence-electron chi connectivity index (χ2n) is 8.34. The van der Waals surface area contributed by atoms with Gasteiger partial charge < -0.3 is 16.0 Å². The topological polar surface area (TPSA) is 90.5 Å². The molecule has 7 nitrogen and oxygen atoms in total. The number of alkyl halides is 3. The molecule has 1 saturated carbocycles. The number of carbonyl (C=O) groups excluding carboxylic acids is 3. The molecule has 33 heavy (non-hydrogen) atoms. The van der Waals surface area contributed by atoms with E-state index < -0.39 is 53.8 Å². The van der Waals surface area contributed by atoms with Crippen molar-refractivity contribution in [3.63, 3.8) is 0 Å². The number of halogens is 5. The Hall–Kier alpha value is -2.40. The maximum absolute atomic E-state index is 14.0. The summed E-state index contributed by atoms with van der Waals surface area (Å²) in [6.45, 7) is -0.619. The molecule has 1 aromatic carbocycles. The highest BCUT2D eigenvalue weighted by atomic mass is 35.5. The summed E-state index contributed by atoms with van der Waals surface area (Å²) in [5, 5.41) is 7.78. The normalized spacial score (nSPS) is 26.4. The van der Waals surface area contributed by atoms with Crippen LogP contribution in [0.1, 0.15) is 37.3 Å². The first-order valence-electron chi connectivity index (χ1n) is 10.6. The fourth-order valence-electron chi connectivity index (χ4n) is 4.43. The molecule has 2 aliphatic rings. The van der Waals surface area contributed by atoms with Crippen molar-refractivity contribution in [3.05, 3.63) is 34.6 Å². The van der Waals surface area contributed by atoms with Gasteiger partial charge in [0, 0.05) is 18.1 Å². The van der Waals surface area contributed by atoms with E-state index in [4.69, 9.17) is 11.6 Å². The maximum Gasteiger partial charge on any atom is 0.391 e. The molecule has 1 aromatic rings. The first kappa shape index (κ1) is 25.2. The number of amides is 3. The van der Waals surface area contributed by atoms with E-state index >= 15 is 0 Å². The first-order chi connectivity index (χ1) is 15.5. The van der Waals surface area contributed by atoms with Gasteiger partial charge in [-0.1, -0.05) is 18.0 Å². The number of likely N-dealkylation sites (N-methyl/N-ethyl adjacent to an activating group) is 1. The molecule has 1 saturated heterocycles. The number of hydrogen-bond acceptors (Lipinski definition) is 4. The summed E-state index contributed by atoms with van der Waals surface area (Å²) in [5.41, 5.74) is 0.128. The van der Waals surface area contributed by atoms with Crippen LogP contribution in [0.15, 0.2) is 18.2 Å². The van der Waals surface area contributed by atoms with Gasteiger partial charge in [0.05, 0.1) is 25.0 Å². The molecule has 2 fully saturated rings. The Labute approximate surface area is 193 Å². The minimum absolute atomic E-state index is 0.000320. The number of nitrogens with zero attached hydrogens (tertiary/aromatic N) is 1. The predicted molar refractivity (Wildman–Crippen MR) is 112 cm³/mol. The van der Waals surface area contributed by atoms with Gasteiger partial charge in [-0.3, -0.25) is 19.3 Å². The van der Waals surface area contributed by atoms with Crippen LogP contribution in [0.5, 0.6) is 0 Å². The molecule has 182 valence electrons. The molecular formula is C21H25ClF4N4O3. The van der Waals surface area contributed by atoms with Gasteiger partial charge in [-0.15, -0.1) is 0 Å². The zero-order chi connectivity index (χ0) is 24.3. The van der Waals surface area contributed by atoms with E-state index in [1.54, 1.807) is 0 Å². The first-order valence-corrected chi connectivity index (χ1v) is 10.9. The number of nitrogens with one attached hydrogen (secondary N) is 3. The van der Waals surface area contributed by atoms with Gasteiger partial charge in [0.25, 0.3) is 0 Å².